The van der Waals surface area contributed by atoms with E-state index < -0.39 is 17.5 Å². The summed E-state index contributed by atoms with van der Waals surface area (Å²) < 4.78 is 39.5. The van der Waals surface area contributed by atoms with Crippen molar-refractivity contribution < 1.29 is 13.2 Å². The van der Waals surface area contributed by atoms with Crippen LogP contribution in [-0.4, -0.2) is 9.97 Å². The Hall–Kier alpha value is -1.82. The third kappa shape index (κ3) is 3.01. The second-order valence-corrected chi connectivity index (χ2v) is 4.82. The lowest BCUT2D eigenvalue weighted by molar-refractivity contribution is 0.449. The maximum Gasteiger partial charge on any atom is 0.196 e. The molecule has 0 atom stereocenters. The molecule has 0 aliphatic heterocycles. The lowest BCUT2D eigenvalue weighted by atomic mass is 10.2. The number of nitrogens with zero attached hydrogens (tertiary/aromatic N) is 2. The molecule has 1 aromatic carbocycles. The highest BCUT2D eigenvalue weighted by molar-refractivity contribution is 6.29. The van der Waals surface area contributed by atoms with Crippen molar-refractivity contribution in [3.05, 3.63) is 46.6 Å². The van der Waals surface area contributed by atoms with Crippen molar-refractivity contribution in [3.8, 4) is 0 Å². The number of benzene rings is 1. The molecule has 0 spiro atoms. The number of halogens is 4. The Morgan fingerprint density at radius 2 is 1.80 bits per heavy atom. The molecule has 0 fully saturated rings. The normalized spacial score (nSPS) is 10.9. The van der Waals surface area contributed by atoms with Gasteiger partial charge in [-0.15, -0.1) is 0 Å². The predicted molar refractivity (Wildman–Crippen MR) is 70.7 cm³/mol. The largest absolute Gasteiger partial charge is 0.338 e. The van der Waals surface area contributed by atoms with E-state index in [0.29, 0.717) is 5.82 Å². The van der Waals surface area contributed by atoms with E-state index in [2.05, 4.69) is 15.3 Å². The molecule has 1 heterocycles. The summed E-state index contributed by atoms with van der Waals surface area (Å²) in [5, 5.41) is 2.73. The number of aromatic nitrogens is 2. The molecule has 3 nitrogen and oxygen atoms in total. The lowest BCUT2D eigenvalue weighted by Gasteiger charge is -2.10. The van der Waals surface area contributed by atoms with Crippen molar-refractivity contribution in [2.75, 3.05) is 5.32 Å². The van der Waals surface area contributed by atoms with Crippen molar-refractivity contribution in [3.63, 3.8) is 0 Å². The van der Waals surface area contributed by atoms with Crippen LogP contribution in [0.5, 0.6) is 0 Å². The smallest absolute Gasteiger partial charge is 0.196 e. The van der Waals surface area contributed by atoms with Crippen LogP contribution in [0.4, 0.5) is 24.7 Å². The fraction of sp³-hybridized carbons (Fsp3) is 0.231. The van der Waals surface area contributed by atoms with E-state index in [9.17, 15) is 13.2 Å². The Bertz CT molecular complexity index is 647. The van der Waals surface area contributed by atoms with Crippen LogP contribution in [0, 0.1) is 17.5 Å². The summed E-state index contributed by atoms with van der Waals surface area (Å²) in [5.41, 5.74) is -0.228. The quantitative estimate of drug-likeness (QED) is 0.674. The molecule has 0 amide bonds. The first-order chi connectivity index (χ1) is 9.38. The number of hydrogen-bond acceptors (Lipinski definition) is 3. The third-order valence-corrected chi connectivity index (χ3v) is 2.72. The summed E-state index contributed by atoms with van der Waals surface area (Å²) in [4.78, 5) is 8.15. The number of hydrogen-bond donors (Lipinski definition) is 1. The molecule has 2 rings (SSSR count). The monoisotopic (exact) mass is 301 g/mol. The fourth-order valence-electron chi connectivity index (χ4n) is 1.52. The van der Waals surface area contributed by atoms with Gasteiger partial charge < -0.3 is 5.32 Å². The van der Waals surface area contributed by atoms with E-state index in [1.54, 1.807) is 0 Å². The van der Waals surface area contributed by atoms with Crippen molar-refractivity contribution in [2.24, 2.45) is 0 Å². The minimum absolute atomic E-state index is 0.0176. The first-order valence-corrected chi connectivity index (χ1v) is 6.21. The predicted octanol–water partition coefficient (Wildman–Crippen LogP) is 4.41. The van der Waals surface area contributed by atoms with Crippen LogP contribution in [0.15, 0.2) is 18.2 Å². The standard InChI is InChI=1S/C13H11ClF3N3/c1-6(2)13-19-9(14)5-10(20-13)18-8-4-3-7(15)11(16)12(8)17/h3-6H,1-2H3,(H,18,19,20). The summed E-state index contributed by atoms with van der Waals surface area (Å²) >= 11 is 5.84. The van der Waals surface area contributed by atoms with Crippen LogP contribution in [-0.2, 0) is 0 Å². The van der Waals surface area contributed by atoms with Crippen LogP contribution in [0.3, 0.4) is 0 Å². The highest BCUT2D eigenvalue weighted by Crippen LogP contribution is 2.24. The molecule has 1 aromatic heterocycles. The maximum atomic E-state index is 13.6. The van der Waals surface area contributed by atoms with E-state index in [0.717, 1.165) is 12.1 Å². The Morgan fingerprint density at radius 3 is 2.45 bits per heavy atom. The number of rotatable bonds is 3. The van der Waals surface area contributed by atoms with Crippen molar-refractivity contribution >= 4 is 23.1 Å². The van der Waals surface area contributed by atoms with Gasteiger partial charge >= 0.3 is 0 Å². The molecular formula is C13H11ClF3N3. The number of nitrogens with one attached hydrogen (secondary N) is 1. The molecule has 1 N–H and O–H groups in total. The van der Waals surface area contributed by atoms with Gasteiger partial charge in [0.2, 0.25) is 0 Å². The molecule has 106 valence electrons. The molecule has 0 aliphatic rings. The van der Waals surface area contributed by atoms with Gasteiger partial charge in [0.1, 0.15) is 16.8 Å². The zero-order chi connectivity index (χ0) is 14.9. The summed E-state index contributed by atoms with van der Waals surface area (Å²) in [7, 11) is 0. The molecular weight excluding hydrogens is 291 g/mol. The average Bonchev–Trinajstić information content (AvgIpc) is 2.39. The molecule has 0 radical (unpaired) electrons. The first-order valence-electron chi connectivity index (χ1n) is 5.83. The van der Waals surface area contributed by atoms with E-state index >= 15 is 0 Å². The molecule has 0 aliphatic carbocycles. The molecule has 2 aromatic rings. The van der Waals surface area contributed by atoms with Gasteiger partial charge in [0.15, 0.2) is 17.5 Å². The third-order valence-electron chi connectivity index (χ3n) is 2.53. The lowest BCUT2D eigenvalue weighted by Crippen LogP contribution is -2.04. The summed E-state index contributed by atoms with van der Waals surface area (Å²) in [6.45, 7) is 3.74. The Balaban J connectivity index is 2.37. The highest BCUT2D eigenvalue weighted by atomic mass is 35.5. The van der Waals surface area contributed by atoms with E-state index in [4.69, 9.17) is 11.6 Å². The molecule has 20 heavy (non-hydrogen) atoms. The Morgan fingerprint density at radius 1 is 1.10 bits per heavy atom. The van der Waals surface area contributed by atoms with Gasteiger partial charge in [0.05, 0.1) is 5.69 Å². The Labute approximate surface area is 118 Å². The van der Waals surface area contributed by atoms with Gasteiger partial charge in [0.25, 0.3) is 0 Å². The molecule has 0 unspecified atom stereocenters. The van der Waals surface area contributed by atoms with Crippen LogP contribution >= 0.6 is 11.6 Å². The van der Waals surface area contributed by atoms with Gasteiger partial charge in [-0.1, -0.05) is 25.4 Å². The average molecular weight is 302 g/mol. The molecule has 7 heteroatoms. The first kappa shape index (κ1) is 14.6. The summed E-state index contributed by atoms with van der Waals surface area (Å²) in [6, 6.07) is 3.28. The SMILES string of the molecule is CC(C)c1nc(Cl)cc(Nc2ccc(F)c(F)c2F)n1. The van der Waals surface area contributed by atoms with E-state index in [1.165, 1.54) is 6.07 Å². The minimum Gasteiger partial charge on any atom is -0.338 e. The molecule has 0 bridgehead atoms. The summed E-state index contributed by atoms with van der Waals surface area (Å²) in [6.07, 6.45) is 0. The van der Waals surface area contributed by atoms with Crippen molar-refractivity contribution in [1.29, 1.82) is 0 Å². The van der Waals surface area contributed by atoms with Crippen LogP contribution in [0.1, 0.15) is 25.6 Å². The highest BCUT2D eigenvalue weighted by Gasteiger charge is 2.14. The second kappa shape index (κ2) is 5.66. The fourth-order valence-corrected chi connectivity index (χ4v) is 1.71. The van der Waals surface area contributed by atoms with Gasteiger partial charge in [-0.3, -0.25) is 0 Å². The zero-order valence-electron chi connectivity index (χ0n) is 10.7. The minimum atomic E-state index is -1.54. The topological polar surface area (TPSA) is 37.8 Å². The van der Waals surface area contributed by atoms with Crippen LogP contribution in [0.2, 0.25) is 5.15 Å². The van der Waals surface area contributed by atoms with Crippen molar-refractivity contribution in [2.45, 2.75) is 19.8 Å². The number of anilines is 2. The summed E-state index contributed by atoms with van der Waals surface area (Å²) in [5.74, 6) is -3.42. The van der Waals surface area contributed by atoms with Gasteiger partial charge in [-0.05, 0) is 12.1 Å². The second-order valence-electron chi connectivity index (χ2n) is 4.44. The molecule has 0 saturated heterocycles. The van der Waals surface area contributed by atoms with E-state index in [1.807, 2.05) is 13.8 Å². The molecule has 0 saturated carbocycles. The van der Waals surface area contributed by atoms with E-state index in [-0.39, 0.29) is 22.6 Å². The van der Waals surface area contributed by atoms with Gasteiger partial charge in [-0.25, -0.2) is 23.1 Å². The zero-order valence-corrected chi connectivity index (χ0v) is 11.5. The van der Waals surface area contributed by atoms with Crippen LogP contribution < -0.4 is 5.32 Å². The van der Waals surface area contributed by atoms with Gasteiger partial charge in [0, 0.05) is 12.0 Å². The Kier molecular flexibility index (Phi) is 4.13. The van der Waals surface area contributed by atoms with Crippen molar-refractivity contribution in [1.82, 2.24) is 9.97 Å². The van der Waals surface area contributed by atoms with Gasteiger partial charge in [-0.2, -0.15) is 0 Å². The van der Waals surface area contributed by atoms with Crippen LogP contribution in [0.25, 0.3) is 0 Å². The maximum absolute atomic E-state index is 13.6.